The number of nitrogens with zero attached hydrogens (tertiary/aromatic N) is 2. The standard InChI is InChI=1S/C18H37N3O3SSi/c1-5-9-10-11-12-14-17-19-18(21-20-17)25-15-13-16-26(22-6-2,23-7-3)24-8-4/h5-16H2,1-4H3,(H,19,20,21). The van der Waals surface area contributed by atoms with Gasteiger partial charge in [-0.25, -0.2) is 4.98 Å². The van der Waals surface area contributed by atoms with Gasteiger partial charge in [-0.15, -0.1) is 5.10 Å². The van der Waals surface area contributed by atoms with Crippen LogP contribution in [0, 0.1) is 0 Å². The lowest BCUT2D eigenvalue weighted by Gasteiger charge is -2.28. The van der Waals surface area contributed by atoms with Crippen molar-refractivity contribution >= 4 is 20.6 Å². The third kappa shape index (κ3) is 9.50. The van der Waals surface area contributed by atoms with E-state index in [-0.39, 0.29) is 0 Å². The van der Waals surface area contributed by atoms with Gasteiger partial charge in [0.25, 0.3) is 0 Å². The highest BCUT2D eigenvalue weighted by Crippen LogP contribution is 2.22. The topological polar surface area (TPSA) is 69.3 Å². The molecule has 1 N–H and O–H groups in total. The van der Waals surface area contributed by atoms with Crippen molar-refractivity contribution in [1.82, 2.24) is 15.2 Å². The highest BCUT2D eigenvalue weighted by Gasteiger charge is 2.39. The van der Waals surface area contributed by atoms with E-state index in [4.69, 9.17) is 13.3 Å². The van der Waals surface area contributed by atoms with Crippen LogP contribution in [0.15, 0.2) is 5.16 Å². The molecule has 1 rings (SSSR count). The number of hydrogen-bond acceptors (Lipinski definition) is 6. The maximum atomic E-state index is 5.89. The van der Waals surface area contributed by atoms with Crippen molar-refractivity contribution in [3.63, 3.8) is 0 Å². The lowest BCUT2D eigenvalue weighted by Crippen LogP contribution is -2.46. The Morgan fingerprint density at radius 1 is 0.885 bits per heavy atom. The van der Waals surface area contributed by atoms with Crippen molar-refractivity contribution in [1.29, 1.82) is 0 Å². The Bertz CT molecular complexity index is 446. The van der Waals surface area contributed by atoms with Gasteiger partial charge in [0, 0.05) is 38.0 Å². The van der Waals surface area contributed by atoms with Gasteiger partial charge in [-0.1, -0.05) is 44.4 Å². The molecule has 0 spiro atoms. The molecule has 1 aromatic heterocycles. The normalized spacial score (nSPS) is 12.0. The van der Waals surface area contributed by atoms with E-state index in [1.165, 1.54) is 32.1 Å². The van der Waals surface area contributed by atoms with Crippen LogP contribution in [-0.4, -0.2) is 49.6 Å². The van der Waals surface area contributed by atoms with Gasteiger partial charge < -0.3 is 13.3 Å². The molecule has 0 aromatic carbocycles. The molecule has 6 nitrogen and oxygen atoms in total. The summed E-state index contributed by atoms with van der Waals surface area (Å²) in [6, 6.07) is 0.838. The number of aryl methyl sites for hydroxylation is 1. The summed E-state index contributed by atoms with van der Waals surface area (Å²) in [5, 5.41) is 8.22. The second kappa shape index (κ2) is 14.6. The molecule has 0 amide bonds. The van der Waals surface area contributed by atoms with E-state index < -0.39 is 8.80 Å². The monoisotopic (exact) mass is 403 g/mol. The first-order valence-corrected chi connectivity index (χ1v) is 13.1. The number of thioether (sulfide) groups is 1. The number of rotatable bonds is 17. The summed E-state index contributed by atoms with van der Waals surface area (Å²) < 4.78 is 17.7. The third-order valence-electron chi connectivity index (χ3n) is 3.98. The Morgan fingerprint density at radius 2 is 1.54 bits per heavy atom. The smallest absolute Gasteiger partial charge is 0.374 e. The molecule has 0 aliphatic rings. The Balaban J connectivity index is 2.31. The van der Waals surface area contributed by atoms with Gasteiger partial charge in [-0.05, 0) is 33.6 Å². The maximum Gasteiger partial charge on any atom is 0.500 e. The Kier molecular flexibility index (Phi) is 13.3. The molecular weight excluding hydrogens is 366 g/mol. The SMILES string of the molecule is CCCCCCCc1nc(SCCC[Si](OCC)(OCC)OCC)n[nH]1. The van der Waals surface area contributed by atoms with Gasteiger partial charge in [0.1, 0.15) is 5.82 Å². The van der Waals surface area contributed by atoms with Crippen molar-refractivity contribution in [2.75, 3.05) is 25.6 Å². The number of hydrogen-bond donors (Lipinski definition) is 1. The zero-order valence-electron chi connectivity index (χ0n) is 17.0. The van der Waals surface area contributed by atoms with Crippen LogP contribution in [-0.2, 0) is 19.7 Å². The molecule has 0 saturated heterocycles. The van der Waals surface area contributed by atoms with Crippen LogP contribution in [0.4, 0.5) is 0 Å². The minimum atomic E-state index is -2.52. The second-order valence-electron chi connectivity index (χ2n) is 6.16. The van der Waals surface area contributed by atoms with Crippen LogP contribution in [0.5, 0.6) is 0 Å². The molecule has 8 heteroatoms. The molecule has 0 saturated carbocycles. The average Bonchev–Trinajstić information content (AvgIpc) is 3.07. The van der Waals surface area contributed by atoms with Gasteiger partial charge >= 0.3 is 8.80 Å². The fourth-order valence-corrected chi connectivity index (χ4v) is 6.43. The molecule has 0 fully saturated rings. The summed E-state index contributed by atoms with van der Waals surface area (Å²) in [5.74, 6) is 1.95. The molecule has 0 bridgehead atoms. The Morgan fingerprint density at radius 3 is 2.15 bits per heavy atom. The first-order chi connectivity index (χ1) is 12.7. The molecular formula is C18H37N3O3SSi. The first kappa shape index (κ1) is 23.6. The maximum absolute atomic E-state index is 5.89. The summed E-state index contributed by atoms with van der Waals surface area (Å²) in [5.41, 5.74) is 0. The second-order valence-corrected chi connectivity index (χ2v) is 9.96. The number of unbranched alkanes of at least 4 members (excludes halogenated alkanes) is 4. The van der Waals surface area contributed by atoms with Crippen LogP contribution in [0.3, 0.4) is 0 Å². The molecule has 1 aromatic rings. The van der Waals surface area contributed by atoms with Crippen molar-refractivity contribution in [2.24, 2.45) is 0 Å². The fraction of sp³-hybridized carbons (Fsp3) is 0.889. The van der Waals surface area contributed by atoms with Crippen molar-refractivity contribution in [2.45, 2.75) is 83.8 Å². The quantitative estimate of drug-likeness (QED) is 0.228. The number of aromatic nitrogens is 3. The molecule has 0 unspecified atom stereocenters. The highest BCUT2D eigenvalue weighted by atomic mass is 32.2. The van der Waals surface area contributed by atoms with Crippen molar-refractivity contribution in [3.05, 3.63) is 5.82 Å². The third-order valence-corrected chi connectivity index (χ3v) is 8.06. The predicted molar refractivity (Wildman–Crippen MR) is 110 cm³/mol. The fourth-order valence-electron chi connectivity index (χ4n) is 2.80. The summed E-state index contributed by atoms with van der Waals surface area (Å²) >= 11 is 1.69. The molecule has 26 heavy (non-hydrogen) atoms. The largest absolute Gasteiger partial charge is 0.500 e. The molecule has 0 aliphatic heterocycles. The number of H-pyrrole nitrogens is 1. The van der Waals surface area contributed by atoms with Crippen LogP contribution in [0.25, 0.3) is 0 Å². The summed E-state index contributed by atoms with van der Waals surface area (Å²) in [4.78, 5) is 4.58. The van der Waals surface area contributed by atoms with E-state index in [0.29, 0.717) is 19.8 Å². The van der Waals surface area contributed by atoms with Gasteiger partial charge in [0.15, 0.2) is 0 Å². The summed E-state index contributed by atoms with van der Waals surface area (Å²) in [7, 11) is -2.52. The van der Waals surface area contributed by atoms with Gasteiger partial charge in [-0.2, -0.15) is 0 Å². The van der Waals surface area contributed by atoms with Gasteiger partial charge in [0.2, 0.25) is 5.16 Å². The zero-order chi connectivity index (χ0) is 19.1. The lowest BCUT2D eigenvalue weighted by molar-refractivity contribution is 0.0712. The summed E-state index contributed by atoms with van der Waals surface area (Å²) in [6.07, 6.45) is 8.35. The average molecular weight is 404 g/mol. The highest BCUT2D eigenvalue weighted by molar-refractivity contribution is 7.99. The minimum absolute atomic E-state index is 0.627. The Hall–Kier alpha value is -0.413. The summed E-state index contributed by atoms with van der Waals surface area (Å²) in [6.45, 7) is 10.1. The lowest BCUT2D eigenvalue weighted by atomic mass is 10.1. The first-order valence-electron chi connectivity index (χ1n) is 10.2. The molecule has 1 heterocycles. The van der Waals surface area contributed by atoms with Gasteiger partial charge in [-0.3, -0.25) is 5.10 Å². The predicted octanol–water partition coefficient (Wildman–Crippen LogP) is 4.85. The van der Waals surface area contributed by atoms with Gasteiger partial charge in [0.05, 0.1) is 0 Å². The minimum Gasteiger partial charge on any atom is -0.374 e. The molecule has 152 valence electrons. The van der Waals surface area contributed by atoms with E-state index in [1.54, 1.807) is 11.8 Å². The van der Waals surface area contributed by atoms with Crippen LogP contribution >= 0.6 is 11.8 Å². The zero-order valence-corrected chi connectivity index (χ0v) is 18.8. The Labute approximate surface area is 164 Å². The molecule has 0 radical (unpaired) electrons. The van der Waals surface area contributed by atoms with E-state index in [9.17, 15) is 0 Å². The van der Waals surface area contributed by atoms with Crippen LogP contribution in [0.1, 0.15) is 72.0 Å². The van der Waals surface area contributed by atoms with Crippen molar-refractivity contribution in [3.8, 4) is 0 Å². The molecule has 0 atom stereocenters. The van der Waals surface area contributed by atoms with E-state index in [1.807, 2.05) is 20.8 Å². The number of aromatic amines is 1. The van der Waals surface area contributed by atoms with E-state index >= 15 is 0 Å². The number of nitrogens with one attached hydrogen (secondary N) is 1. The van der Waals surface area contributed by atoms with Crippen LogP contribution < -0.4 is 0 Å². The van der Waals surface area contributed by atoms with E-state index in [2.05, 4.69) is 22.1 Å². The van der Waals surface area contributed by atoms with E-state index in [0.717, 1.165) is 35.6 Å². The van der Waals surface area contributed by atoms with Crippen molar-refractivity contribution < 1.29 is 13.3 Å². The molecule has 0 aliphatic carbocycles. The van der Waals surface area contributed by atoms with Crippen LogP contribution in [0.2, 0.25) is 6.04 Å².